The first kappa shape index (κ1) is 18.3. The smallest absolute Gasteiger partial charge is 0.326 e. The van der Waals surface area contributed by atoms with Crippen LogP contribution in [0.4, 0.5) is 0 Å². The molecule has 0 spiro atoms. The summed E-state index contributed by atoms with van der Waals surface area (Å²) >= 11 is 2.90. The second-order valence-corrected chi connectivity index (χ2v) is 7.92. The summed E-state index contributed by atoms with van der Waals surface area (Å²) in [6, 6.07) is 2.83. The Hall–Kier alpha value is -2.52. The molecule has 0 aliphatic carbocycles. The third kappa shape index (κ3) is 3.54. The van der Waals surface area contributed by atoms with Gasteiger partial charge in [-0.2, -0.15) is 0 Å². The van der Waals surface area contributed by atoms with Crippen molar-refractivity contribution in [3.8, 4) is 10.4 Å². The molecular formula is C17H17N3O4S2. The average Bonchev–Trinajstić information content (AvgIpc) is 3.23. The highest BCUT2D eigenvalue weighted by Gasteiger charge is 2.24. The number of carbonyl (C=O) groups excluding carboxylic acids is 1. The zero-order valence-corrected chi connectivity index (χ0v) is 15.8. The van der Waals surface area contributed by atoms with E-state index in [2.05, 4.69) is 10.3 Å². The van der Waals surface area contributed by atoms with Crippen LogP contribution in [-0.2, 0) is 16.1 Å². The second-order valence-electron chi connectivity index (χ2n) is 6.11. The number of aliphatic carboxylic acids is 1. The number of aromatic nitrogens is 2. The van der Waals surface area contributed by atoms with Gasteiger partial charge >= 0.3 is 5.97 Å². The van der Waals surface area contributed by atoms with Crippen LogP contribution < -0.4 is 10.9 Å². The second kappa shape index (κ2) is 7.38. The van der Waals surface area contributed by atoms with Gasteiger partial charge in [0.1, 0.15) is 17.4 Å². The summed E-state index contributed by atoms with van der Waals surface area (Å²) in [4.78, 5) is 42.1. The molecule has 0 bridgehead atoms. The van der Waals surface area contributed by atoms with E-state index in [1.807, 2.05) is 22.9 Å². The van der Waals surface area contributed by atoms with Crippen LogP contribution in [0.25, 0.3) is 20.7 Å². The molecule has 3 aromatic rings. The summed E-state index contributed by atoms with van der Waals surface area (Å²) in [5, 5.41) is 15.9. The fourth-order valence-corrected chi connectivity index (χ4v) is 4.30. The highest BCUT2D eigenvalue weighted by atomic mass is 32.1. The maximum atomic E-state index is 12.8. The fraction of sp³-hybridized carbons (Fsp3) is 0.294. The Balaban J connectivity index is 1.90. The van der Waals surface area contributed by atoms with Crippen LogP contribution in [0.3, 0.4) is 0 Å². The van der Waals surface area contributed by atoms with Gasteiger partial charge in [-0.05, 0) is 17.4 Å². The van der Waals surface area contributed by atoms with Gasteiger partial charge in [-0.1, -0.05) is 19.9 Å². The number of rotatable bonds is 6. The van der Waals surface area contributed by atoms with E-state index in [0.717, 1.165) is 10.4 Å². The maximum absolute atomic E-state index is 12.8. The van der Waals surface area contributed by atoms with Crippen molar-refractivity contribution in [2.45, 2.75) is 26.4 Å². The lowest BCUT2D eigenvalue weighted by molar-refractivity contribution is -0.143. The van der Waals surface area contributed by atoms with Gasteiger partial charge in [-0.25, -0.2) is 9.78 Å². The molecule has 0 unspecified atom stereocenters. The van der Waals surface area contributed by atoms with E-state index in [9.17, 15) is 19.5 Å². The molecule has 7 nitrogen and oxygen atoms in total. The van der Waals surface area contributed by atoms with Gasteiger partial charge in [0.05, 0.1) is 11.7 Å². The summed E-state index contributed by atoms with van der Waals surface area (Å²) in [5.41, 5.74) is 0.490. The Morgan fingerprint density at radius 2 is 2.12 bits per heavy atom. The molecule has 0 radical (unpaired) electrons. The van der Waals surface area contributed by atoms with E-state index >= 15 is 0 Å². The van der Waals surface area contributed by atoms with E-state index < -0.39 is 17.9 Å². The van der Waals surface area contributed by atoms with Gasteiger partial charge in [0.15, 0.2) is 0 Å². The number of carboxylic acid groups (broad SMARTS) is 1. The number of thiophene rings is 2. The van der Waals surface area contributed by atoms with Crippen molar-refractivity contribution in [3.05, 3.63) is 39.6 Å². The van der Waals surface area contributed by atoms with Crippen molar-refractivity contribution < 1.29 is 14.7 Å². The Morgan fingerprint density at radius 1 is 1.35 bits per heavy atom. The normalized spacial score (nSPS) is 12.4. The van der Waals surface area contributed by atoms with Crippen LogP contribution in [0.5, 0.6) is 0 Å². The summed E-state index contributed by atoms with van der Waals surface area (Å²) < 4.78 is 1.21. The van der Waals surface area contributed by atoms with Gasteiger partial charge in [0, 0.05) is 15.8 Å². The fourth-order valence-electron chi connectivity index (χ4n) is 2.58. The molecule has 3 heterocycles. The summed E-state index contributed by atoms with van der Waals surface area (Å²) in [6.45, 7) is 3.13. The molecular weight excluding hydrogens is 374 g/mol. The van der Waals surface area contributed by atoms with Gasteiger partial charge in [-0.15, -0.1) is 22.7 Å². The van der Waals surface area contributed by atoms with E-state index in [1.165, 1.54) is 33.6 Å². The zero-order chi connectivity index (χ0) is 18.8. The third-order valence-electron chi connectivity index (χ3n) is 3.91. The number of carboxylic acids is 1. The highest BCUT2D eigenvalue weighted by molar-refractivity contribution is 7.18. The molecule has 0 saturated carbocycles. The Morgan fingerprint density at radius 3 is 2.73 bits per heavy atom. The molecule has 2 N–H and O–H groups in total. The van der Waals surface area contributed by atoms with Crippen molar-refractivity contribution in [1.82, 2.24) is 14.9 Å². The number of nitrogens with zero attached hydrogens (tertiary/aromatic N) is 2. The standard InChI is InChI=1S/C17H17N3O4S2/c1-9(2)14(17(23)24)19-12(21)6-20-8-18-15-13(16(20)22)10(7-26-15)11-4-3-5-25-11/h3-5,7-9,14H,6H2,1-2H3,(H,19,21)(H,23,24)/t14-/m1/s1. The van der Waals surface area contributed by atoms with Crippen LogP contribution in [0.15, 0.2) is 34.0 Å². The lowest BCUT2D eigenvalue weighted by atomic mass is 10.1. The van der Waals surface area contributed by atoms with E-state index in [-0.39, 0.29) is 18.0 Å². The number of hydrogen-bond acceptors (Lipinski definition) is 6. The molecule has 0 aliphatic heterocycles. The average molecular weight is 391 g/mol. The number of carbonyl (C=O) groups is 2. The Bertz CT molecular complexity index is 1000. The number of nitrogens with one attached hydrogen (secondary N) is 1. The van der Waals surface area contributed by atoms with Crippen LogP contribution in [0, 0.1) is 5.92 Å². The first-order valence-corrected chi connectivity index (χ1v) is 9.67. The molecule has 9 heteroatoms. The summed E-state index contributed by atoms with van der Waals surface area (Å²) in [5.74, 6) is -1.91. The molecule has 0 aliphatic rings. The largest absolute Gasteiger partial charge is 0.480 e. The number of fused-ring (bicyclic) bond motifs is 1. The molecule has 1 amide bonds. The van der Waals surface area contributed by atoms with Gasteiger partial charge in [0.25, 0.3) is 5.56 Å². The Kier molecular flexibility index (Phi) is 5.19. The van der Waals surface area contributed by atoms with Crippen molar-refractivity contribution in [2.75, 3.05) is 0 Å². The van der Waals surface area contributed by atoms with Crippen LogP contribution in [0.2, 0.25) is 0 Å². The van der Waals surface area contributed by atoms with Gasteiger partial charge < -0.3 is 10.4 Å². The molecule has 136 valence electrons. The van der Waals surface area contributed by atoms with Crippen molar-refractivity contribution in [2.24, 2.45) is 5.92 Å². The van der Waals surface area contributed by atoms with Crippen molar-refractivity contribution in [3.63, 3.8) is 0 Å². The minimum atomic E-state index is -1.10. The molecule has 0 aromatic carbocycles. The topological polar surface area (TPSA) is 101 Å². The molecule has 0 fully saturated rings. The third-order valence-corrected chi connectivity index (χ3v) is 5.70. The van der Waals surface area contributed by atoms with E-state index in [1.54, 1.807) is 13.8 Å². The minimum Gasteiger partial charge on any atom is -0.480 e. The first-order valence-electron chi connectivity index (χ1n) is 7.91. The molecule has 3 aromatic heterocycles. The van der Waals surface area contributed by atoms with Crippen molar-refractivity contribution >= 4 is 44.8 Å². The predicted octanol–water partition coefficient (Wildman–Crippen LogP) is 2.41. The lowest BCUT2D eigenvalue weighted by Gasteiger charge is -2.18. The van der Waals surface area contributed by atoms with E-state index in [0.29, 0.717) is 10.2 Å². The summed E-state index contributed by atoms with van der Waals surface area (Å²) in [6.07, 6.45) is 1.32. The minimum absolute atomic E-state index is 0.268. The monoisotopic (exact) mass is 391 g/mol. The maximum Gasteiger partial charge on any atom is 0.326 e. The quantitative estimate of drug-likeness (QED) is 0.672. The Labute approximate surface area is 156 Å². The number of hydrogen-bond donors (Lipinski definition) is 2. The van der Waals surface area contributed by atoms with Crippen molar-refractivity contribution in [1.29, 1.82) is 0 Å². The molecule has 1 atom stereocenters. The highest BCUT2D eigenvalue weighted by Crippen LogP contribution is 2.33. The van der Waals surface area contributed by atoms with Gasteiger partial charge in [0.2, 0.25) is 5.91 Å². The van der Waals surface area contributed by atoms with E-state index in [4.69, 9.17) is 0 Å². The SMILES string of the molecule is CC(C)[C@@H](NC(=O)Cn1cnc2scc(-c3cccs3)c2c1=O)C(=O)O. The first-order chi connectivity index (χ1) is 12.4. The summed E-state index contributed by atoms with van der Waals surface area (Å²) in [7, 11) is 0. The molecule has 3 rings (SSSR count). The van der Waals surface area contributed by atoms with Crippen LogP contribution in [0.1, 0.15) is 13.8 Å². The number of amides is 1. The lowest BCUT2D eigenvalue weighted by Crippen LogP contribution is -2.46. The van der Waals surface area contributed by atoms with Crippen LogP contribution in [-0.4, -0.2) is 32.6 Å². The van der Waals surface area contributed by atoms with Crippen LogP contribution >= 0.6 is 22.7 Å². The molecule has 26 heavy (non-hydrogen) atoms. The van der Waals surface area contributed by atoms with Gasteiger partial charge in [-0.3, -0.25) is 14.2 Å². The molecule has 0 saturated heterocycles. The predicted molar refractivity (Wildman–Crippen MR) is 102 cm³/mol. The zero-order valence-electron chi connectivity index (χ0n) is 14.1.